The Morgan fingerprint density at radius 1 is 1.40 bits per heavy atom. The number of nitrogens with zero attached hydrogens (tertiary/aromatic N) is 1. The minimum absolute atomic E-state index is 0.0109. The maximum absolute atomic E-state index is 11.8. The van der Waals surface area contributed by atoms with Crippen LogP contribution >= 0.6 is 23.2 Å². The second-order valence-electron chi connectivity index (χ2n) is 5.00. The average Bonchev–Trinajstić information content (AvgIpc) is 2.39. The Balaban J connectivity index is 1.73. The monoisotopic (exact) mass is 317 g/mol. The van der Waals surface area contributed by atoms with Crippen LogP contribution in [-0.2, 0) is 4.79 Å². The number of benzene rings is 1. The molecule has 0 atom stereocenters. The van der Waals surface area contributed by atoms with Gasteiger partial charge in [-0.25, -0.2) is 0 Å². The Labute approximate surface area is 128 Å². The lowest BCUT2D eigenvalue weighted by Gasteiger charge is -2.46. The standard InChI is InChI=1S/C14H17Cl2NO3/c1-2-14(19)8-17(9-14)13(18)5-6-20-10-3-4-11(15)12(16)7-10/h3-4,7,19H,2,5-6,8-9H2,1H3. The first-order valence-electron chi connectivity index (χ1n) is 6.51. The van der Waals surface area contributed by atoms with Gasteiger partial charge < -0.3 is 14.7 Å². The number of hydrogen-bond acceptors (Lipinski definition) is 3. The van der Waals surface area contributed by atoms with Crippen LogP contribution in [0.25, 0.3) is 0 Å². The third-order valence-corrected chi connectivity index (χ3v) is 4.20. The van der Waals surface area contributed by atoms with Gasteiger partial charge in [-0.2, -0.15) is 0 Å². The third kappa shape index (κ3) is 3.57. The summed E-state index contributed by atoms with van der Waals surface area (Å²) < 4.78 is 5.46. The molecule has 1 aliphatic rings. The van der Waals surface area contributed by atoms with Gasteiger partial charge in [0, 0.05) is 6.07 Å². The van der Waals surface area contributed by atoms with E-state index in [1.165, 1.54) is 0 Å². The number of aliphatic hydroxyl groups is 1. The molecule has 0 radical (unpaired) electrons. The number of β-amino-alcohol motifs (C(OH)–C–C–N with tert-alkyl or cyclic N) is 1. The van der Waals surface area contributed by atoms with Crippen LogP contribution in [-0.4, -0.2) is 41.2 Å². The summed E-state index contributed by atoms with van der Waals surface area (Å²) >= 11 is 11.7. The van der Waals surface area contributed by atoms with Crippen molar-refractivity contribution in [1.29, 1.82) is 0 Å². The van der Waals surface area contributed by atoms with Crippen molar-refractivity contribution >= 4 is 29.1 Å². The van der Waals surface area contributed by atoms with Crippen molar-refractivity contribution in [1.82, 2.24) is 4.90 Å². The highest BCUT2D eigenvalue weighted by Crippen LogP contribution is 2.27. The SMILES string of the molecule is CCC1(O)CN(C(=O)CCOc2ccc(Cl)c(Cl)c2)C1. The zero-order valence-corrected chi connectivity index (χ0v) is 12.7. The second kappa shape index (κ2) is 6.20. The zero-order chi connectivity index (χ0) is 14.8. The Kier molecular flexibility index (Phi) is 4.78. The molecule has 0 bridgehead atoms. The summed E-state index contributed by atoms with van der Waals surface area (Å²) in [6.45, 7) is 3.01. The van der Waals surface area contributed by atoms with Crippen molar-refractivity contribution in [2.45, 2.75) is 25.4 Å². The van der Waals surface area contributed by atoms with E-state index in [2.05, 4.69) is 0 Å². The molecule has 1 heterocycles. The van der Waals surface area contributed by atoms with Gasteiger partial charge in [-0.3, -0.25) is 4.79 Å². The van der Waals surface area contributed by atoms with Crippen LogP contribution in [0.3, 0.4) is 0 Å². The number of amides is 1. The molecule has 0 aromatic heterocycles. The first-order chi connectivity index (χ1) is 9.43. The van der Waals surface area contributed by atoms with Gasteiger partial charge in [0.2, 0.25) is 5.91 Å². The van der Waals surface area contributed by atoms with Crippen LogP contribution in [0, 0.1) is 0 Å². The van der Waals surface area contributed by atoms with Crippen molar-refractivity contribution in [3.05, 3.63) is 28.2 Å². The molecule has 1 amide bonds. The molecular formula is C14H17Cl2NO3. The molecule has 0 spiro atoms. The fourth-order valence-electron chi connectivity index (χ4n) is 2.05. The number of halogens is 2. The number of likely N-dealkylation sites (tertiary alicyclic amines) is 1. The molecular weight excluding hydrogens is 301 g/mol. The van der Waals surface area contributed by atoms with Crippen LogP contribution in [0.2, 0.25) is 10.0 Å². The molecule has 2 rings (SSSR count). The van der Waals surface area contributed by atoms with E-state index in [9.17, 15) is 9.90 Å². The minimum Gasteiger partial charge on any atom is -0.493 e. The van der Waals surface area contributed by atoms with Crippen molar-refractivity contribution in [3.63, 3.8) is 0 Å². The number of hydrogen-bond donors (Lipinski definition) is 1. The van der Waals surface area contributed by atoms with Crippen LogP contribution in [0.15, 0.2) is 18.2 Å². The Bertz CT molecular complexity index is 501. The lowest BCUT2D eigenvalue weighted by molar-refractivity contribution is -0.156. The van der Waals surface area contributed by atoms with Crippen molar-refractivity contribution in [3.8, 4) is 5.75 Å². The summed E-state index contributed by atoms with van der Waals surface area (Å²) in [4.78, 5) is 13.5. The highest BCUT2D eigenvalue weighted by atomic mass is 35.5. The maximum Gasteiger partial charge on any atom is 0.226 e. The van der Waals surface area contributed by atoms with Crippen molar-refractivity contribution in [2.24, 2.45) is 0 Å². The molecule has 1 fully saturated rings. The fourth-order valence-corrected chi connectivity index (χ4v) is 2.33. The van der Waals surface area contributed by atoms with E-state index in [0.29, 0.717) is 35.3 Å². The minimum atomic E-state index is -0.694. The predicted octanol–water partition coefficient (Wildman–Crippen LogP) is 2.75. The summed E-state index contributed by atoms with van der Waals surface area (Å²) in [7, 11) is 0. The first kappa shape index (κ1) is 15.4. The Morgan fingerprint density at radius 3 is 2.70 bits per heavy atom. The summed E-state index contributed by atoms with van der Waals surface area (Å²) in [5.74, 6) is 0.573. The topological polar surface area (TPSA) is 49.8 Å². The first-order valence-corrected chi connectivity index (χ1v) is 7.27. The van der Waals surface area contributed by atoms with E-state index in [1.807, 2.05) is 6.92 Å². The largest absolute Gasteiger partial charge is 0.493 e. The maximum atomic E-state index is 11.8. The van der Waals surface area contributed by atoms with Gasteiger partial charge in [-0.1, -0.05) is 30.1 Å². The van der Waals surface area contributed by atoms with Gasteiger partial charge in [0.1, 0.15) is 5.75 Å². The highest BCUT2D eigenvalue weighted by Gasteiger charge is 2.41. The number of ether oxygens (including phenoxy) is 1. The number of rotatable bonds is 5. The van der Waals surface area contributed by atoms with E-state index in [4.69, 9.17) is 27.9 Å². The summed E-state index contributed by atoms with van der Waals surface area (Å²) in [6, 6.07) is 4.98. The average molecular weight is 318 g/mol. The van der Waals surface area contributed by atoms with E-state index < -0.39 is 5.60 Å². The molecule has 0 aliphatic carbocycles. The summed E-state index contributed by atoms with van der Waals surface area (Å²) in [5.41, 5.74) is -0.694. The van der Waals surface area contributed by atoms with Gasteiger partial charge in [0.05, 0.1) is 41.8 Å². The smallest absolute Gasteiger partial charge is 0.226 e. The normalized spacial score (nSPS) is 16.7. The molecule has 1 saturated heterocycles. The number of carbonyl (C=O) groups excluding carboxylic acids is 1. The second-order valence-corrected chi connectivity index (χ2v) is 5.82. The lowest BCUT2D eigenvalue weighted by atomic mass is 9.91. The quantitative estimate of drug-likeness (QED) is 0.908. The Hall–Kier alpha value is -0.970. The van der Waals surface area contributed by atoms with E-state index in [0.717, 1.165) is 0 Å². The molecule has 1 aromatic rings. The Morgan fingerprint density at radius 2 is 2.10 bits per heavy atom. The molecule has 1 N–H and O–H groups in total. The van der Waals surface area contributed by atoms with E-state index in [1.54, 1.807) is 23.1 Å². The number of carbonyl (C=O) groups is 1. The van der Waals surface area contributed by atoms with Gasteiger partial charge >= 0.3 is 0 Å². The van der Waals surface area contributed by atoms with Crippen molar-refractivity contribution < 1.29 is 14.6 Å². The van der Waals surface area contributed by atoms with Gasteiger partial charge in [0.15, 0.2) is 0 Å². The highest BCUT2D eigenvalue weighted by molar-refractivity contribution is 6.42. The molecule has 20 heavy (non-hydrogen) atoms. The van der Waals surface area contributed by atoms with Crippen LogP contribution in [0.4, 0.5) is 0 Å². The van der Waals surface area contributed by atoms with Gasteiger partial charge in [-0.05, 0) is 18.6 Å². The molecule has 4 nitrogen and oxygen atoms in total. The lowest BCUT2D eigenvalue weighted by Crippen LogP contribution is -2.63. The van der Waals surface area contributed by atoms with E-state index in [-0.39, 0.29) is 18.9 Å². The fraction of sp³-hybridized carbons (Fsp3) is 0.500. The molecule has 1 aliphatic heterocycles. The third-order valence-electron chi connectivity index (χ3n) is 3.46. The van der Waals surface area contributed by atoms with Crippen LogP contribution < -0.4 is 4.74 Å². The van der Waals surface area contributed by atoms with Gasteiger partial charge in [0.25, 0.3) is 0 Å². The summed E-state index contributed by atoms with van der Waals surface area (Å²) in [5, 5.41) is 10.7. The van der Waals surface area contributed by atoms with Gasteiger partial charge in [-0.15, -0.1) is 0 Å². The van der Waals surface area contributed by atoms with E-state index >= 15 is 0 Å². The molecule has 110 valence electrons. The zero-order valence-electron chi connectivity index (χ0n) is 11.2. The molecule has 0 saturated carbocycles. The molecule has 1 aromatic carbocycles. The molecule has 0 unspecified atom stereocenters. The predicted molar refractivity (Wildman–Crippen MR) is 78.4 cm³/mol. The van der Waals surface area contributed by atoms with Crippen LogP contribution in [0.5, 0.6) is 5.75 Å². The summed E-state index contributed by atoms with van der Waals surface area (Å²) in [6.07, 6.45) is 0.941. The van der Waals surface area contributed by atoms with Crippen LogP contribution in [0.1, 0.15) is 19.8 Å². The van der Waals surface area contributed by atoms with Crippen molar-refractivity contribution in [2.75, 3.05) is 19.7 Å². The molecule has 6 heteroatoms.